The van der Waals surface area contributed by atoms with Crippen LogP contribution in [0, 0.1) is 0 Å². The number of hydrogen-bond acceptors (Lipinski definition) is 0. The molecule has 0 N–H and O–H groups in total. The van der Waals surface area contributed by atoms with E-state index < -0.39 is 0 Å². The highest BCUT2D eigenvalue weighted by Crippen LogP contribution is 2.30. The van der Waals surface area contributed by atoms with E-state index in [2.05, 4.69) is 147 Å². The molecular weight excluding hydrogens is 470 g/mol. The van der Waals surface area contributed by atoms with Crippen LogP contribution in [0.5, 0.6) is 0 Å². The fraction of sp³-hybridized carbons (Fsp3) is 0.486. The highest BCUT2D eigenvalue weighted by atomic mass is 35.5. The highest BCUT2D eigenvalue weighted by molar-refractivity contribution is 6.16. The Bertz CT molecular complexity index is 942. The van der Waals surface area contributed by atoms with Gasteiger partial charge in [-0.2, -0.15) is 0 Å². The van der Waals surface area contributed by atoms with Crippen LogP contribution in [-0.4, -0.2) is 31.1 Å². The number of hydrogen-bond donors (Lipinski definition) is 0. The molecule has 3 aromatic rings. The Morgan fingerprint density at radius 3 is 1.27 bits per heavy atom. The molecule has 37 heavy (non-hydrogen) atoms. The molecule has 0 aliphatic rings. The first kappa shape index (κ1) is 32.9. The van der Waals surface area contributed by atoms with Gasteiger partial charge >= 0.3 is 0 Å². The summed E-state index contributed by atoms with van der Waals surface area (Å²) < 4.78 is 0.904. The SMILES string of the molecule is CC(C)c1ccc(C(C)CC(C)c2ccccc2)cc1.CCC(C)c1ccccc1.CC[N+](C)(C)CCl. The molecule has 0 saturated heterocycles. The Hall–Kier alpha value is -2.09. The largest absolute Gasteiger partial charge is 0.316 e. The maximum absolute atomic E-state index is 5.57. The van der Waals surface area contributed by atoms with Gasteiger partial charge in [-0.3, -0.25) is 0 Å². The van der Waals surface area contributed by atoms with E-state index in [-0.39, 0.29) is 0 Å². The molecule has 0 heterocycles. The zero-order valence-electron chi connectivity index (χ0n) is 25.0. The topological polar surface area (TPSA) is 0 Å². The lowest BCUT2D eigenvalue weighted by Gasteiger charge is -2.24. The minimum absolute atomic E-state index is 0.603. The maximum atomic E-state index is 5.57. The summed E-state index contributed by atoms with van der Waals surface area (Å²) in [5, 5.41) is 0. The molecule has 3 aromatic carbocycles. The van der Waals surface area contributed by atoms with Crippen LogP contribution in [0.25, 0.3) is 0 Å². The van der Waals surface area contributed by atoms with Crippen molar-refractivity contribution < 1.29 is 4.48 Å². The van der Waals surface area contributed by atoms with Crippen LogP contribution in [0.2, 0.25) is 0 Å². The zero-order valence-corrected chi connectivity index (χ0v) is 25.8. The van der Waals surface area contributed by atoms with Gasteiger partial charge in [0.15, 0.2) is 6.00 Å². The molecule has 0 amide bonds. The summed E-state index contributed by atoms with van der Waals surface area (Å²) in [4.78, 5) is 0. The zero-order chi connectivity index (χ0) is 27.8. The summed E-state index contributed by atoms with van der Waals surface area (Å²) in [5.74, 6) is 2.53. The van der Waals surface area contributed by atoms with Crippen molar-refractivity contribution in [2.75, 3.05) is 26.6 Å². The summed E-state index contributed by atoms with van der Waals surface area (Å²) in [6.45, 7) is 16.9. The standard InChI is InChI=1S/C20H26.C10H14.C5H13ClN/c1-15(2)18-10-12-20(13-11-18)17(4)14-16(3)19-8-6-5-7-9-19;1-3-9(2)10-7-5-4-6-8-10;1-4-7(2,3)5-6/h5-13,15-17H,14H2,1-4H3;4-9H,3H2,1-2H3;4-5H2,1-3H3/q;;+1. The molecule has 3 rings (SSSR count). The first-order valence-electron chi connectivity index (χ1n) is 14.1. The molecule has 3 unspecified atom stereocenters. The van der Waals surface area contributed by atoms with Gasteiger partial charge < -0.3 is 4.48 Å². The molecule has 2 heteroatoms. The number of rotatable bonds is 9. The summed E-state index contributed by atoms with van der Waals surface area (Å²) in [6.07, 6.45) is 2.43. The monoisotopic (exact) mass is 522 g/mol. The van der Waals surface area contributed by atoms with Gasteiger partial charge in [-0.15, -0.1) is 0 Å². The predicted octanol–water partition coefficient (Wildman–Crippen LogP) is 10.6. The molecule has 0 spiro atoms. The molecule has 204 valence electrons. The van der Waals surface area contributed by atoms with Gasteiger partial charge in [-0.05, 0) is 65.7 Å². The van der Waals surface area contributed by atoms with E-state index in [4.69, 9.17) is 11.6 Å². The van der Waals surface area contributed by atoms with Gasteiger partial charge in [0.1, 0.15) is 0 Å². The average molecular weight is 523 g/mol. The van der Waals surface area contributed by atoms with Crippen LogP contribution >= 0.6 is 11.6 Å². The van der Waals surface area contributed by atoms with Crippen molar-refractivity contribution in [2.24, 2.45) is 0 Å². The number of benzene rings is 3. The smallest absolute Gasteiger partial charge is 0.154 e. The Labute approximate surface area is 234 Å². The summed E-state index contributed by atoms with van der Waals surface area (Å²) in [6, 6.07) is 31.3. The summed E-state index contributed by atoms with van der Waals surface area (Å²) in [5.41, 5.74) is 5.78. The van der Waals surface area contributed by atoms with Crippen molar-refractivity contribution in [1.29, 1.82) is 0 Å². The Balaban J connectivity index is 0.000000334. The van der Waals surface area contributed by atoms with Crippen molar-refractivity contribution in [2.45, 2.75) is 85.0 Å². The van der Waals surface area contributed by atoms with Crippen LogP contribution in [-0.2, 0) is 0 Å². The van der Waals surface area contributed by atoms with Gasteiger partial charge in [0.05, 0.1) is 20.6 Å². The molecule has 0 radical (unpaired) electrons. The molecule has 1 nitrogen and oxygen atoms in total. The number of quaternary nitrogens is 1. The number of halogens is 1. The fourth-order valence-electron chi connectivity index (χ4n) is 3.90. The first-order valence-corrected chi connectivity index (χ1v) is 14.7. The quantitative estimate of drug-likeness (QED) is 0.149. The molecule has 0 bridgehead atoms. The van der Waals surface area contributed by atoms with Crippen LogP contribution < -0.4 is 0 Å². The van der Waals surface area contributed by atoms with Gasteiger partial charge in [0.2, 0.25) is 0 Å². The first-order chi connectivity index (χ1) is 17.5. The highest BCUT2D eigenvalue weighted by Gasteiger charge is 2.12. The van der Waals surface area contributed by atoms with Crippen LogP contribution in [0.15, 0.2) is 84.9 Å². The summed E-state index contributed by atoms with van der Waals surface area (Å²) in [7, 11) is 4.21. The van der Waals surface area contributed by atoms with E-state index in [0.717, 1.165) is 11.0 Å². The Morgan fingerprint density at radius 2 is 0.946 bits per heavy atom. The van der Waals surface area contributed by atoms with E-state index in [9.17, 15) is 0 Å². The van der Waals surface area contributed by atoms with Crippen molar-refractivity contribution in [3.8, 4) is 0 Å². The lowest BCUT2D eigenvalue weighted by Crippen LogP contribution is -2.37. The number of alkyl halides is 1. The third-order valence-electron chi connectivity index (χ3n) is 7.41. The van der Waals surface area contributed by atoms with Crippen LogP contribution in [0.3, 0.4) is 0 Å². The molecule has 0 aliphatic heterocycles. The molecule has 0 fully saturated rings. The van der Waals surface area contributed by atoms with Crippen molar-refractivity contribution in [1.82, 2.24) is 0 Å². The second-order valence-electron chi connectivity index (χ2n) is 11.4. The molecule has 0 aromatic heterocycles. The van der Waals surface area contributed by atoms with Crippen molar-refractivity contribution in [3.63, 3.8) is 0 Å². The third-order valence-corrected chi connectivity index (χ3v) is 8.06. The lowest BCUT2D eigenvalue weighted by molar-refractivity contribution is -0.877. The van der Waals surface area contributed by atoms with Crippen molar-refractivity contribution >= 4 is 11.6 Å². The van der Waals surface area contributed by atoms with Gasteiger partial charge in [0, 0.05) is 0 Å². The molecular formula is C35H53ClN+. The van der Waals surface area contributed by atoms with Gasteiger partial charge in [-0.25, -0.2) is 0 Å². The Kier molecular flexibility index (Phi) is 15.5. The summed E-state index contributed by atoms with van der Waals surface area (Å²) >= 11 is 5.57. The minimum Gasteiger partial charge on any atom is -0.316 e. The van der Waals surface area contributed by atoms with Gasteiger partial charge in [0.25, 0.3) is 0 Å². The van der Waals surface area contributed by atoms with E-state index in [1.807, 2.05) is 0 Å². The third kappa shape index (κ3) is 12.8. The van der Waals surface area contributed by atoms with Gasteiger partial charge in [-0.1, -0.05) is 138 Å². The number of nitrogens with zero attached hydrogens (tertiary/aromatic N) is 1. The molecule has 3 atom stereocenters. The fourth-order valence-corrected chi connectivity index (χ4v) is 4.06. The average Bonchev–Trinajstić information content (AvgIpc) is 2.94. The normalized spacial score (nSPS) is 13.5. The molecule has 0 aliphatic carbocycles. The second kappa shape index (κ2) is 17.4. The van der Waals surface area contributed by atoms with E-state index in [0.29, 0.717) is 29.7 Å². The second-order valence-corrected chi connectivity index (χ2v) is 11.6. The lowest BCUT2D eigenvalue weighted by atomic mass is 9.86. The van der Waals surface area contributed by atoms with Crippen LogP contribution in [0.4, 0.5) is 0 Å². The molecule has 0 saturated carbocycles. The van der Waals surface area contributed by atoms with E-state index in [1.54, 1.807) is 0 Å². The van der Waals surface area contributed by atoms with Crippen LogP contribution in [0.1, 0.15) is 107 Å². The van der Waals surface area contributed by atoms with Crippen molar-refractivity contribution in [3.05, 3.63) is 107 Å². The van der Waals surface area contributed by atoms with E-state index >= 15 is 0 Å². The minimum atomic E-state index is 0.603. The maximum Gasteiger partial charge on any atom is 0.154 e. The van der Waals surface area contributed by atoms with E-state index in [1.165, 1.54) is 35.1 Å². The Morgan fingerprint density at radius 1 is 0.568 bits per heavy atom. The predicted molar refractivity (Wildman–Crippen MR) is 167 cm³/mol.